The van der Waals surface area contributed by atoms with E-state index in [-0.39, 0.29) is 60.2 Å². The van der Waals surface area contributed by atoms with Crippen LogP contribution in [-0.4, -0.2) is 164 Å². The summed E-state index contributed by atoms with van der Waals surface area (Å²) in [5, 5.41) is 46.4. The van der Waals surface area contributed by atoms with Gasteiger partial charge in [0.15, 0.2) is 24.0 Å². The first-order valence-corrected chi connectivity index (χ1v) is 31.1. The predicted octanol–water partition coefficient (Wildman–Crippen LogP) is 3.55. The molecule has 2 aromatic rings. The van der Waals surface area contributed by atoms with Crippen LogP contribution in [0.2, 0.25) is 0 Å². The van der Waals surface area contributed by atoms with Crippen LogP contribution in [0.25, 0.3) is 11.2 Å². The van der Waals surface area contributed by atoms with E-state index < -0.39 is 103 Å². The van der Waals surface area contributed by atoms with Gasteiger partial charge in [0.25, 0.3) is 0 Å². The van der Waals surface area contributed by atoms with E-state index in [0.717, 1.165) is 73.9 Å². The largest absolute Gasteiger partial charge is 0.481 e. The summed E-state index contributed by atoms with van der Waals surface area (Å²) in [6.07, 6.45) is 8.48. The summed E-state index contributed by atoms with van der Waals surface area (Å²) in [7, 11) is -16.5. The molecule has 32 heteroatoms. The minimum absolute atomic E-state index is 0.0184. The molecular weight excluding hydrogens is 1100 g/mol. The van der Waals surface area contributed by atoms with Gasteiger partial charge in [-0.2, -0.15) is 4.31 Å². The van der Waals surface area contributed by atoms with Crippen molar-refractivity contribution in [3.8, 4) is 0 Å². The number of nitrogens with one attached hydrogen (secondary N) is 2. The Labute approximate surface area is 451 Å². The van der Waals surface area contributed by atoms with Gasteiger partial charge in [0.1, 0.15) is 42.4 Å². The molecule has 12 atom stereocenters. The molecule has 2 unspecified atom stereocenters. The number of thioether (sulfide) groups is 1. The summed E-state index contributed by atoms with van der Waals surface area (Å²) >= 11 is 1.05. The quantitative estimate of drug-likeness (QED) is 0.0264. The van der Waals surface area contributed by atoms with E-state index in [4.69, 9.17) is 29.0 Å². The van der Waals surface area contributed by atoms with Crippen molar-refractivity contribution in [2.75, 3.05) is 37.8 Å². The lowest BCUT2D eigenvalue weighted by molar-refractivity contribution is -0.273. The second kappa shape index (κ2) is 32.0. The van der Waals surface area contributed by atoms with Crippen LogP contribution in [0.4, 0.5) is 5.82 Å². The van der Waals surface area contributed by atoms with Crippen molar-refractivity contribution in [2.24, 2.45) is 5.41 Å². The number of hydrogen-bond donors (Lipinski definition) is 11. The fraction of sp³-hybridized carbons (Fsp3) is 0.778. The maximum Gasteiger partial charge on any atom is 0.481 e. The number of fused-ring (bicyclic) bond motifs is 1. The van der Waals surface area contributed by atoms with E-state index in [2.05, 4.69) is 34.4 Å². The molecule has 0 bridgehead atoms. The molecule has 0 aliphatic carbocycles. The number of imidazole rings is 1. The summed E-state index contributed by atoms with van der Waals surface area (Å²) in [4.78, 5) is 88.5. The number of ether oxygens (including phenoxy) is 3. The van der Waals surface area contributed by atoms with Crippen molar-refractivity contribution in [2.45, 2.75) is 185 Å². The number of carbonyl (C=O) groups excluding carboxylic acids is 3. The van der Waals surface area contributed by atoms with Gasteiger partial charge in [-0.3, -0.25) is 32.5 Å². The molecule has 2 aliphatic rings. The Morgan fingerprint density at radius 3 is 2.19 bits per heavy atom. The fourth-order valence-electron chi connectivity index (χ4n) is 8.16. The molecule has 28 nitrogen and oxygen atoms in total. The lowest BCUT2D eigenvalue weighted by Crippen LogP contribution is -2.48. The van der Waals surface area contributed by atoms with Crippen LogP contribution in [-0.2, 0) is 60.2 Å². The number of unbranched alkanes of at least 4 members (excludes halogenated alkanes) is 11. The maximum absolute atomic E-state index is 12.8. The third kappa shape index (κ3) is 23.6. The van der Waals surface area contributed by atoms with Gasteiger partial charge in [0, 0.05) is 37.1 Å². The van der Waals surface area contributed by atoms with Crippen molar-refractivity contribution in [1.29, 1.82) is 0 Å². The van der Waals surface area contributed by atoms with Crippen LogP contribution >= 0.6 is 35.2 Å². The zero-order valence-corrected chi connectivity index (χ0v) is 47.2. The number of allylic oxidation sites excluding steroid dienone is 1. The molecule has 0 saturated carbocycles. The molecule has 2 aliphatic heterocycles. The molecule has 440 valence electrons. The Kier molecular flexibility index (Phi) is 27.7. The van der Waals surface area contributed by atoms with Gasteiger partial charge in [-0.1, -0.05) is 95.9 Å². The molecule has 0 radical (unpaired) electrons. The number of aliphatic hydroxyl groups excluding tert-OH is 4. The second-order valence-electron chi connectivity index (χ2n) is 19.6. The van der Waals surface area contributed by atoms with E-state index in [1.165, 1.54) is 58.4 Å². The molecule has 2 fully saturated rings. The number of rotatable bonds is 36. The summed E-state index contributed by atoms with van der Waals surface area (Å²) in [6, 6.07) is 0. The molecule has 2 amide bonds. The van der Waals surface area contributed by atoms with Crippen molar-refractivity contribution in [3.63, 3.8) is 0 Å². The Morgan fingerprint density at radius 2 is 1.53 bits per heavy atom. The van der Waals surface area contributed by atoms with Crippen molar-refractivity contribution >= 4 is 69.1 Å². The molecule has 2 saturated heterocycles. The van der Waals surface area contributed by atoms with Crippen LogP contribution in [0.5, 0.6) is 0 Å². The number of nitrogens with two attached hydrogens (primary N) is 1. The second-order valence-corrected chi connectivity index (χ2v) is 25.0. The van der Waals surface area contributed by atoms with Gasteiger partial charge in [0.2, 0.25) is 16.9 Å². The third-order valence-electron chi connectivity index (χ3n) is 12.5. The first kappa shape index (κ1) is 66.7. The van der Waals surface area contributed by atoms with Crippen LogP contribution in [0, 0.1) is 5.41 Å². The lowest BCUT2D eigenvalue weighted by atomic mass is 9.87. The molecule has 77 heavy (non-hydrogen) atoms. The van der Waals surface area contributed by atoms with E-state index >= 15 is 0 Å². The van der Waals surface area contributed by atoms with Gasteiger partial charge >= 0.3 is 23.5 Å². The highest BCUT2D eigenvalue weighted by Gasteiger charge is 2.50. The van der Waals surface area contributed by atoms with Crippen molar-refractivity contribution < 1.29 is 100 Å². The number of phosphoric acid groups is 3. The number of carbonyl (C=O) groups is 3. The van der Waals surface area contributed by atoms with E-state index in [1.54, 1.807) is 6.92 Å². The van der Waals surface area contributed by atoms with Gasteiger partial charge in [0.05, 0.1) is 37.9 Å². The minimum Gasteiger partial charge on any atom is -0.390 e. The number of aliphatic hydroxyl groups is 4. The Morgan fingerprint density at radius 1 is 0.896 bits per heavy atom. The number of amides is 2. The van der Waals surface area contributed by atoms with Gasteiger partial charge in [-0.25, -0.2) is 28.6 Å². The average molecular weight is 1180 g/mol. The predicted molar refractivity (Wildman–Crippen MR) is 278 cm³/mol. The number of phosphoric ester groups is 3. The van der Waals surface area contributed by atoms with Gasteiger partial charge in [-0.05, 0) is 39.2 Å². The van der Waals surface area contributed by atoms with Crippen LogP contribution in [0.3, 0.4) is 0 Å². The Hall–Kier alpha value is -2.86. The molecule has 2 aromatic heterocycles. The van der Waals surface area contributed by atoms with E-state index in [0.29, 0.717) is 5.75 Å². The Balaban J connectivity index is 1.00. The first-order chi connectivity index (χ1) is 36.2. The van der Waals surface area contributed by atoms with E-state index in [1.807, 2.05) is 13.0 Å². The molecular formula is C45H78N7O21P3S. The topological polar surface area (TPSA) is 423 Å². The van der Waals surface area contributed by atoms with Gasteiger partial charge < -0.3 is 70.6 Å². The number of nitrogens with zero attached hydrogens (tertiary/aromatic N) is 4. The molecule has 12 N–H and O–H groups in total. The highest BCUT2D eigenvalue weighted by atomic mass is 32.2. The van der Waals surface area contributed by atoms with Crippen molar-refractivity contribution in [1.82, 2.24) is 30.2 Å². The number of nitrogen functional groups attached to an aromatic ring is 1. The average Bonchev–Trinajstić information content (AvgIpc) is 3.91. The monoisotopic (exact) mass is 1180 g/mol. The summed E-state index contributed by atoms with van der Waals surface area (Å²) in [5.41, 5.74) is 4.26. The highest BCUT2D eigenvalue weighted by molar-refractivity contribution is 8.14. The maximum atomic E-state index is 12.8. The first-order valence-electron chi connectivity index (χ1n) is 25.6. The zero-order chi connectivity index (χ0) is 57.0. The summed E-state index contributed by atoms with van der Waals surface area (Å²) < 4.78 is 74.0. The van der Waals surface area contributed by atoms with Crippen LogP contribution < -0.4 is 16.4 Å². The third-order valence-corrected chi connectivity index (χ3v) is 16.5. The summed E-state index contributed by atoms with van der Waals surface area (Å²) in [5.74, 6) is -1.15. The molecule has 0 aromatic carbocycles. The molecule has 0 spiro atoms. The van der Waals surface area contributed by atoms with Gasteiger partial charge in [-0.15, -0.1) is 0 Å². The summed E-state index contributed by atoms with van der Waals surface area (Å²) in [6.45, 7) is 4.22. The molecule has 4 heterocycles. The highest BCUT2D eigenvalue weighted by Crippen LogP contribution is 2.61. The van der Waals surface area contributed by atoms with Crippen LogP contribution in [0.15, 0.2) is 24.8 Å². The van der Waals surface area contributed by atoms with E-state index in [9.17, 15) is 68.1 Å². The van der Waals surface area contributed by atoms with Crippen molar-refractivity contribution in [3.05, 3.63) is 24.8 Å². The van der Waals surface area contributed by atoms with Crippen LogP contribution in [0.1, 0.15) is 130 Å². The number of hydrogen-bond acceptors (Lipinski definition) is 22. The zero-order valence-electron chi connectivity index (χ0n) is 43.7. The normalized spacial score (nSPS) is 24.6. The lowest BCUT2D eigenvalue weighted by Gasteiger charge is -2.36. The SMILES string of the molecule is C[C@H](CCCCCCCCCCCCC/C=C/C(=O)SCCNC(=O)CCNC(=O)[C@H](O)C(C)(C)COP(=O)(O)OP(=O)(O)OC[C@H]1O[C@@H](n2cnc3c(N)ncnc32)[C@H](O)[C@@H]1OP(=O)(O)O)O[C@@H]1O[C@@H](C)[C@H](O)C[C@H]1O. The Bertz CT molecular complexity index is 2350. The fourth-order valence-corrected chi connectivity index (χ4v) is 11.6. The number of anilines is 1. The smallest absolute Gasteiger partial charge is 0.390 e. The standard InChI is InChI=1S/C45H78N7O21P3S/c1-29(69-44-32(54)24-31(53)30(2)70-44)18-16-14-12-10-8-6-5-7-9-11-13-15-17-19-35(56)77-23-22-47-34(55)20-21-48-42(59)39(58)45(3,4)26-68-76(65,66)73-75(63,64)67-25-33-38(72-74(60,61)62)37(57)43(71-33)52-28-51-36-40(46)49-27-50-41(36)52/h17,19,27-33,37-39,43-44,53-54,57-58H,5-16,18,20-26H2,1-4H3,(H,47,55)(H,48,59)(H,63,64)(H,65,66)(H2,46,49,50)(H2,60,61,62)/b19-17+/t29-,30+,31-,32-,33-,37-,38-,39+,43-,44-/m1/s1. The number of aromatic nitrogens is 4. The minimum atomic E-state index is -5.59. The molecule has 4 rings (SSSR count).